The van der Waals surface area contributed by atoms with Gasteiger partial charge in [0.05, 0.1) is 11.9 Å². The van der Waals surface area contributed by atoms with Crippen molar-refractivity contribution in [3.63, 3.8) is 0 Å². The van der Waals surface area contributed by atoms with Crippen molar-refractivity contribution < 1.29 is 4.74 Å². The van der Waals surface area contributed by atoms with Crippen LogP contribution in [0.15, 0.2) is 36.5 Å². The normalized spacial score (nSPS) is 10.1. The number of benzene rings is 1. The fraction of sp³-hybridized carbons (Fsp3) is 0.0769. The number of halogens is 1. The number of nitrogens with zero attached hydrogens (tertiary/aromatic N) is 1. The summed E-state index contributed by atoms with van der Waals surface area (Å²) < 4.78 is 5.64. The summed E-state index contributed by atoms with van der Waals surface area (Å²) in [6.07, 6.45) is 1.58. The topological polar surface area (TPSA) is 48.1 Å². The van der Waals surface area contributed by atoms with E-state index >= 15 is 0 Å². The molecule has 0 spiro atoms. The molecule has 2 rings (SSSR count). The monoisotopic (exact) mass is 278 g/mol. The largest absolute Gasteiger partial charge is 0.456 e. The molecule has 2 aromatic rings. The molecule has 0 radical (unpaired) electrons. The van der Waals surface area contributed by atoms with E-state index in [1.807, 2.05) is 13.0 Å². The van der Waals surface area contributed by atoms with Crippen LogP contribution in [0.1, 0.15) is 11.3 Å². The number of thiocarbonyl (C=S) groups is 1. The lowest BCUT2D eigenvalue weighted by Crippen LogP contribution is -2.10. The molecule has 0 saturated carbocycles. The maximum absolute atomic E-state index is 5.94. The quantitative estimate of drug-likeness (QED) is 0.874. The zero-order valence-corrected chi connectivity index (χ0v) is 11.3. The smallest absolute Gasteiger partial charge is 0.145 e. The first kappa shape index (κ1) is 12.8. The Morgan fingerprint density at radius 1 is 1.28 bits per heavy atom. The van der Waals surface area contributed by atoms with E-state index in [1.165, 1.54) is 0 Å². The van der Waals surface area contributed by atoms with Crippen molar-refractivity contribution in [3.8, 4) is 11.5 Å². The minimum atomic E-state index is 0.267. The summed E-state index contributed by atoms with van der Waals surface area (Å²) in [5, 5.41) is 0.712. The van der Waals surface area contributed by atoms with Crippen molar-refractivity contribution >= 4 is 28.8 Å². The molecule has 0 aliphatic carbocycles. The molecule has 3 nitrogen and oxygen atoms in total. The second-order valence-corrected chi connectivity index (χ2v) is 4.60. The SMILES string of the molecule is Cc1cc(Oc2ccc(C(N)=S)nc2)ccc1Cl. The van der Waals surface area contributed by atoms with Crippen LogP contribution in [0.3, 0.4) is 0 Å². The van der Waals surface area contributed by atoms with Crippen molar-refractivity contribution in [1.29, 1.82) is 0 Å². The van der Waals surface area contributed by atoms with Crippen molar-refractivity contribution in [3.05, 3.63) is 52.8 Å². The second-order valence-electron chi connectivity index (χ2n) is 3.76. The molecule has 0 unspecified atom stereocenters. The third-order valence-electron chi connectivity index (χ3n) is 2.35. The Balaban J connectivity index is 2.18. The summed E-state index contributed by atoms with van der Waals surface area (Å²) >= 11 is 10.8. The van der Waals surface area contributed by atoms with E-state index in [1.54, 1.807) is 30.5 Å². The van der Waals surface area contributed by atoms with Crippen LogP contribution in [-0.2, 0) is 0 Å². The third-order valence-corrected chi connectivity index (χ3v) is 2.99. The van der Waals surface area contributed by atoms with Gasteiger partial charge in [-0.3, -0.25) is 0 Å². The number of hydrogen-bond donors (Lipinski definition) is 1. The van der Waals surface area contributed by atoms with Crippen LogP contribution in [0, 0.1) is 6.92 Å². The molecule has 1 aromatic heterocycles. The van der Waals surface area contributed by atoms with Gasteiger partial charge in [0.1, 0.15) is 16.5 Å². The average molecular weight is 279 g/mol. The van der Waals surface area contributed by atoms with Crippen LogP contribution in [0.4, 0.5) is 0 Å². The Labute approximate surface area is 116 Å². The van der Waals surface area contributed by atoms with E-state index in [0.29, 0.717) is 22.2 Å². The highest BCUT2D eigenvalue weighted by Gasteiger charge is 2.02. The maximum Gasteiger partial charge on any atom is 0.145 e. The second kappa shape index (κ2) is 5.33. The first-order valence-electron chi connectivity index (χ1n) is 5.26. The zero-order chi connectivity index (χ0) is 13.1. The van der Waals surface area contributed by atoms with Crippen molar-refractivity contribution in [2.75, 3.05) is 0 Å². The van der Waals surface area contributed by atoms with Crippen LogP contribution in [0.25, 0.3) is 0 Å². The third kappa shape index (κ3) is 2.97. The van der Waals surface area contributed by atoms with Gasteiger partial charge in [-0.15, -0.1) is 0 Å². The summed E-state index contributed by atoms with van der Waals surface area (Å²) in [6.45, 7) is 1.92. The van der Waals surface area contributed by atoms with Gasteiger partial charge in [-0.05, 0) is 42.8 Å². The highest BCUT2D eigenvalue weighted by atomic mass is 35.5. The molecule has 0 atom stereocenters. The van der Waals surface area contributed by atoms with Gasteiger partial charge >= 0.3 is 0 Å². The van der Waals surface area contributed by atoms with Gasteiger partial charge in [0, 0.05) is 5.02 Å². The van der Waals surface area contributed by atoms with Crippen LogP contribution in [0.2, 0.25) is 5.02 Å². The fourth-order valence-corrected chi connectivity index (χ4v) is 1.64. The minimum Gasteiger partial charge on any atom is -0.456 e. The van der Waals surface area contributed by atoms with Crippen molar-refractivity contribution in [2.45, 2.75) is 6.92 Å². The van der Waals surface area contributed by atoms with E-state index in [9.17, 15) is 0 Å². The summed E-state index contributed by atoms with van der Waals surface area (Å²) in [6, 6.07) is 8.95. The number of ether oxygens (including phenoxy) is 1. The molecule has 0 amide bonds. The van der Waals surface area contributed by atoms with E-state index in [4.69, 9.17) is 34.3 Å². The van der Waals surface area contributed by atoms with Gasteiger partial charge in [0.2, 0.25) is 0 Å². The predicted molar refractivity (Wildman–Crippen MR) is 76.4 cm³/mol. The lowest BCUT2D eigenvalue weighted by Gasteiger charge is -2.07. The number of pyridine rings is 1. The molecule has 0 fully saturated rings. The Hall–Kier alpha value is -1.65. The molecule has 0 aliphatic rings. The highest BCUT2D eigenvalue weighted by Crippen LogP contribution is 2.25. The number of nitrogens with two attached hydrogens (primary N) is 1. The molecule has 18 heavy (non-hydrogen) atoms. The van der Waals surface area contributed by atoms with Crippen molar-refractivity contribution in [2.24, 2.45) is 5.73 Å². The Morgan fingerprint density at radius 2 is 2.00 bits per heavy atom. The van der Waals surface area contributed by atoms with Gasteiger partial charge in [0.15, 0.2) is 0 Å². The van der Waals surface area contributed by atoms with Crippen LogP contribution in [-0.4, -0.2) is 9.97 Å². The van der Waals surface area contributed by atoms with E-state index in [2.05, 4.69) is 4.98 Å². The van der Waals surface area contributed by atoms with Crippen LogP contribution < -0.4 is 10.5 Å². The van der Waals surface area contributed by atoms with E-state index < -0.39 is 0 Å². The van der Waals surface area contributed by atoms with E-state index in [0.717, 1.165) is 5.56 Å². The fourth-order valence-electron chi connectivity index (χ4n) is 1.40. The van der Waals surface area contributed by atoms with Crippen molar-refractivity contribution in [1.82, 2.24) is 4.98 Å². The van der Waals surface area contributed by atoms with E-state index in [-0.39, 0.29) is 4.99 Å². The number of rotatable bonds is 3. The molecule has 1 aromatic carbocycles. The minimum absolute atomic E-state index is 0.267. The molecule has 0 bridgehead atoms. The Kier molecular flexibility index (Phi) is 3.79. The summed E-state index contributed by atoms with van der Waals surface area (Å²) in [5.41, 5.74) is 7.00. The standard InChI is InChI=1S/C13H11ClN2OS/c1-8-6-9(2-4-11(8)14)17-10-3-5-12(13(15)18)16-7-10/h2-7H,1H3,(H2,15,18). The molecular formula is C13H11ClN2OS. The first-order valence-corrected chi connectivity index (χ1v) is 6.05. The number of aryl methyl sites for hydroxylation is 1. The Bertz CT molecular complexity index is 584. The number of aromatic nitrogens is 1. The molecule has 0 aliphatic heterocycles. The molecule has 0 saturated heterocycles. The molecule has 1 heterocycles. The maximum atomic E-state index is 5.94. The van der Waals surface area contributed by atoms with Gasteiger partial charge in [-0.25, -0.2) is 4.98 Å². The van der Waals surface area contributed by atoms with Gasteiger partial charge < -0.3 is 10.5 Å². The Morgan fingerprint density at radius 3 is 2.56 bits per heavy atom. The van der Waals surface area contributed by atoms with Gasteiger partial charge in [-0.2, -0.15) is 0 Å². The molecular weight excluding hydrogens is 268 g/mol. The summed E-state index contributed by atoms with van der Waals surface area (Å²) in [7, 11) is 0. The van der Waals surface area contributed by atoms with Crippen LogP contribution >= 0.6 is 23.8 Å². The summed E-state index contributed by atoms with van der Waals surface area (Å²) in [5.74, 6) is 1.33. The molecule has 5 heteroatoms. The van der Waals surface area contributed by atoms with Crippen LogP contribution in [0.5, 0.6) is 11.5 Å². The first-order chi connectivity index (χ1) is 8.56. The number of hydrogen-bond acceptors (Lipinski definition) is 3. The molecule has 92 valence electrons. The zero-order valence-electron chi connectivity index (χ0n) is 9.68. The molecule has 2 N–H and O–H groups in total. The lowest BCUT2D eigenvalue weighted by atomic mass is 10.2. The summed E-state index contributed by atoms with van der Waals surface area (Å²) in [4.78, 5) is 4.36. The average Bonchev–Trinajstić information content (AvgIpc) is 2.34. The van der Waals surface area contributed by atoms with Gasteiger partial charge in [-0.1, -0.05) is 23.8 Å². The van der Waals surface area contributed by atoms with Gasteiger partial charge in [0.25, 0.3) is 0 Å². The highest BCUT2D eigenvalue weighted by molar-refractivity contribution is 7.80. The lowest BCUT2D eigenvalue weighted by molar-refractivity contribution is 0.480. The predicted octanol–water partition coefficient (Wildman–Crippen LogP) is 3.47.